The van der Waals surface area contributed by atoms with Gasteiger partial charge in [0.25, 0.3) is 5.91 Å². The smallest absolute Gasteiger partial charge is 0.250 e. The molecular formula is C25H25BFN3O. The fourth-order valence-corrected chi connectivity index (χ4v) is 5.04. The molecule has 2 aliphatic heterocycles. The van der Waals surface area contributed by atoms with Crippen molar-refractivity contribution in [2.45, 2.75) is 44.7 Å². The Bertz CT molecular complexity index is 1170. The Morgan fingerprint density at radius 1 is 1.16 bits per heavy atom. The number of hydrogen-bond acceptors (Lipinski definition) is 2. The summed E-state index contributed by atoms with van der Waals surface area (Å²) in [6.07, 6.45) is 9.69. The molecule has 3 heterocycles. The lowest BCUT2D eigenvalue weighted by Crippen LogP contribution is -2.39. The summed E-state index contributed by atoms with van der Waals surface area (Å²) in [5.41, 5.74) is 6.14. The molecular weight excluding hydrogens is 388 g/mol. The van der Waals surface area contributed by atoms with Gasteiger partial charge in [-0.3, -0.25) is 4.79 Å². The minimum Gasteiger partial charge on any atom is -0.329 e. The average molecular weight is 413 g/mol. The summed E-state index contributed by atoms with van der Waals surface area (Å²) in [4.78, 5) is 19.7. The standard InChI is InChI=1S/C25H25BFN3O/c1-16-14-29(15-28-16)24-10-5-17(12-22(24)26)11-19-13-21-3-2-4-23(30(21)25(19)31)18-6-8-20(27)9-7-18/h5-12,14-15,21,23H,2-4,13,26H2,1H3/b19-11+/t21-,23-/m0/s1. The lowest BCUT2D eigenvalue weighted by molar-refractivity contribution is -0.130. The van der Waals surface area contributed by atoms with E-state index in [0.717, 1.165) is 59.2 Å². The highest BCUT2D eigenvalue weighted by Crippen LogP contribution is 2.42. The Balaban J connectivity index is 1.42. The molecule has 0 spiro atoms. The molecule has 0 radical (unpaired) electrons. The van der Waals surface area contributed by atoms with Crippen LogP contribution in [0.5, 0.6) is 0 Å². The van der Waals surface area contributed by atoms with Gasteiger partial charge in [0, 0.05) is 23.5 Å². The van der Waals surface area contributed by atoms with E-state index >= 15 is 0 Å². The Kier molecular flexibility index (Phi) is 5.01. The summed E-state index contributed by atoms with van der Waals surface area (Å²) in [5.74, 6) is -0.125. The Hall–Kier alpha value is -3.15. The minimum atomic E-state index is -0.242. The van der Waals surface area contributed by atoms with Crippen LogP contribution in [0.3, 0.4) is 0 Å². The average Bonchev–Trinajstić information content (AvgIpc) is 3.32. The molecule has 2 atom stereocenters. The molecule has 0 saturated carbocycles. The molecule has 0 bridgehead atoms. The third-order valence-corrected chi connectivity index (χ3v) is 6.52. The number of carbonyl (C=O) groups is 1. The van der Waals surface area contributed by atoms with E-state index in [-0.39, 0.29) is 23.8 Å². The summed E-state index contributed by atoms with van der Waals surface area (Å²) in [6.45, 7) is 1.98. The monoisotopic (exact) mass is 413 g/mol. The van der Waals surface area contributed by atoms with Crippen LogP contribution in [-0.4, -0.2) is 34.2 Å². The topological polar surface area (TPSA) is 38.1 Å². The van der Waals surface area contributed by atoms with E-state index in [1.165, 1.54) is 12.1 Å². The lowest BCUT2D eigenvalue weighted by atomic mass is 9.91. The zero-order valence-corrected chi connectivity index (χ0v) is 17.9. The van der Waals surface area contributed by atoms with E-state index in [9.17, 15) is 9.18 Å². The summed E-state index contributed by atoms with van der Waals surface area (Å²) in [5, 5.41) is 0. The van der Waals surface area contributed by atoms with Crippen LogP contribution >= 0.6 is 0 Å². The van der Waals surface area contributed by atoms with Gasteiger partial charge in [0.1, 0.15) is 13.7 Å². The van der Waals surface area contributed by atoms with Gasteiger partial charge < -0.3 is 9.47 Å². The molecule has 2 saturated heterocycles. The molecule has 2 aromatic carbocycles. The molecule has 0 N–H and O–H groups in total. The van der Waals surface area contributed by atoms with Gasteiger partial charge in [-0.25, -0.2) is 9.37 Å². The quantitative estimate of drug-likeness (QED) is 0.487. The highest BCUT2D eigenvalue weighted by atomic mass is 19.1. The number of carbonyl (C=O) groups excluding carboxylic acids is 1. The van der Waals surface area contributed by atoms with Crippen LogP contribution in [0, 0.1) is 12.7 Å². The van der Waals surface area contributed by atoms with Crippen molar-refractivity contribution in [3.63, 3.8) is 0 Å². The maximum absolute atomic E-state index is 13.4. The van der Waals surface area contributed by atoms with Crippen molar-refractivity contribution in [3.05, 3.63) is 83.2 Å². The van der Waals surface area contributed by atoms with Gasteiger partial charge in [0.15, 0.2) is 0 Å². The van der Waals surface area contributed by atoms with Crippen LogP contribution in [-0.2, 0) is 4.79 Å². The molecule has 2 aliphatic rings. The molecule has 0 aliphatic carbocycles. The number of nitrogens with zero attached hydrogens (tertiary/aromatic N) is 3. The molecule has 1 amide bonds. The van der Waals surface area contributed by atoms with Gasteiger partial charge in [0.05, 0.1) is 18.1 Å². The predicted octanol–water partition coefficient (Wildman–Crippen LogP) is 3.49. The summed E-state index contributed by atoms with van der Waals surface area (Å²) in [6, 6.07) is 13.1. The molecule has 0 unspecified atom stereocenters. The van der Waals surface area contributed by atoms with Gasteiger partial charge in [-0.1, -0.05) is 29.7 Å². The highest BCUT2D eigenvalue weighted by Gasteiger charge is 2.42. The van der Waals surface area contributed by atoms with E-state index in [1.54, 1.807) is 0 Å². The van der Waals surface area contributed by atoms with Crippen molar-refractivity contribution < 1.29 is 9.18 Å². The number of benzene rings is 2. The van der Waals surface area contributed by atoms with E-state index in [2.05, 4.69) is 31.0 Å². The van der Waals surface area contributed by atoms with Crippen molar-refractivity contribution in [2.24, 2.45) is 0 Å². The van der Waals surface area contributed by atoms with Gasteiger partial charge in [-0.05, 0) is 68.0 Å². The van der Waals surface area contributed by atoms with Crippen LogP contribution < -0.4 is 5.46 Å². The molecule has 31 heavy (non-hydrogen) atoms. The fourth-order valence-electron chi connectivity index (χ4n) is 5.04. The molecule has 2 fully saturated rings. The summed E-state index contributed by atoms with van der Waals surface area (Å²) >= 11 is 0. The SMILES string of the molecule is Bc1cc(/C=C2\C[C@@H]3CCC[C@@H](c4ccc(F)cc4)N3C2=O)ccc1-n1cnc(C)c1. The van der Waals surface area contributed by atoms with Crippen LogP contribution in [0.1, 0.15) is 48.5 Å². The van der Waals surface area contributed by atoms with Crippen LogP contribution in [0.4, 0.5) is 4.39 Å². The number of rotatable bonds is 3. The van der Waals surface area contributed by atoms with Crippen molar-refractivity contribution in [2.75, 3.05) is 0 Å². The second kappa shape index (κ2) is 7.84. The maximum atomic E-state index is 13.4. The first-order chi connectivity index (χ1) is 15.0. The maximum Gasteiger partial charge on any atom is 0.250 e. The number of piperidine rings is 1. The first kappa shape index (κ1) is 19.8. The molecule has 156 valence electrons. The van der Waals surface area contributed by atoms with Gasteiger partial charge in [0.2, 0.25) is 0 Å². The van der Waals surface area contributed by atoms with E-state index in [4.69, 9.17) is 0 Å². The summed E-state index contributed by atoms with van der Waals surface area (Å²) < 4.78 is 15.4. The molecule has 1 aromatic heterocycles. The third kappa shape index (κ3) is 3.71. The van der Waals surface area contributed by atoms with E-state index in [1.807, 2.05) is 47.1 Å². The Labute approximate surface area is 182 Å². The van der Waals surface area contributed by atoms with Crippen molar-refractivity contribution in [1.82, 2.24) is 14.5 Å². The Morgan fingerprint density at radius 3 is 2.68 bits per heavy atom. The second-order valence-electron chi connectivity index (χ2n) is 8.71. The molecule has 3 aromatic rings. The first-order valence-corrected chi connectivity index (χ1v) is 10.9. The van der Waals surface area contributed by atoms with Crippen molar-refractivity contribution in [3.8, 4) is 5.69 Å². The largest absolute Gasteiger partial charge is 0.329 e. The zero-order valence-electron chi connectivity index (χ0n) is 17.9. The normalized spacial score (nSPS) is 22.2. The van der Waals surface area contributed by atoms with E-state index < -0.39 is 0 Å². The van der Waals surface area contributed by atoms with Gasteiger partial charge >= 0.3 is 0 Å². The van der Waals surface area contributed by atoms with Crippen LogP contribution in [0.2, 0.25) is 0 Å². The number of fused-ring (bicyclic) bond motifs is 1. The van der Waals surface area contributed by atoms with Crippen LogP contribution in [0.15, 0.2) is 60.6 Å². The van der Waals surface area contributed by atoms with E-state index in [0.29, 0.717) is 0 Å². The number of imidazole rings is 1. The second-order valence-corrected chi connectivity index (χ2v) is 8.71. The number of amides is 1. The van der Waals surface area contributed by atoms with Crippen LogP contribution in [0.25, 0.3) is 11.8 Å². The fraction of sp³-hybridized carbons (Fsp3) is 0.280. The predicted molar refractivity (Wildman–Crippen MR) is 123 cm³/mol. The Morgan fingerprint density at radius 2 is 1.97 bits per heavy atom. The highest BCUT2D eigenvalue weighted by molar-refractivity contribution is 6.35. The van der Waals surface area contributed by atoms with Gasteiger partial charge in [-0.15, -0.1) is 0 Å². The molecule has 6 heteroatoms. The molecule has 4 nitrogen and oxygen atoms in total. The number of halogens is 1. The number of hydrogen-bond donors (Lipinski definition) is 0. The zero-order chi connectivity index (χ0) is 21.5. The van der Waals surface area contributed by atoms with Crippen molar-refractivity contribution >= 4 is 25.3 Å². The van der Waals surface area contributed by atoms with Gasteiger partial charge in [-0.2, -0.15) is 0 Å². The lowest BCUT2D eigenvalue weighted by Gasteiger charge is -2.37. The minimum absolute atomic E-state index is 0.0337. The van der Waals surface area contributed by atoms with Crippen molar-refractivity contribution in [1.29, 1.82) is 0 Å². The summed E-state index contributed by atoms with van der Waals surface area (Å²) in [7, 11) is 2.08. The number of aryl methyl sites for hydroxylation is 1. The number of aromatic nitrogens is 2. The third-order valence-electron chi connectivity index (χ3n) is 6.52. The first-order valence-electron chi connectivity index (χ1n) is 10.9. The molecule has 5 rings (SSSR count).